The van der Waals surface area contributed by atoms with Crippen molar-refractivity contribution in [3.63, 3.8) is 0 Å². The topological polar surface area (TPSA) is 206 Å². The van der Waals surface area contributed by atoms with E-state index in [1.807, 2.05) is 0 Å². The third kappa shape index (κ3) is 9.12. The molecule has 0 saturated carbocycles. The minimum Gasteiger partial charge on any atom is -0.480 e. The third-order valence-corrected chi connectivity index (χ3v) is 3.53. The number of guanidine groups is 1. The van der Waals surface area contributed by atoms with Crippen LogP contribution >= 0.6 is 12.6 Å². The molecule has 0 bridgehead atoms. The Morgan fingerprint density at radius 1 is 1.20 bits per heavy atom. The number of aliphatic hydroxyl groups is 1. The predicted octanol–water partition coefficient (Wildman–Crippen LogP) is -3.27. The van der Waals surface area contributed by atoms with Crippen LogP contribution in [-0.4, -0.2) is 70.5 Å². The Bertz CT molecular complexity index is 497. The van der Waals surface area contributed by atoms with Crippen LogP contribution in [0, 0.1) is 0 Å². The van der Waals surface area contributed by atoms with Crippen molar-refractivity contribution in [2.45, 2.75) is 44.0 Å². The third-order valence-electron chi connectivity index (χ3n) is 3.17. The second kappa shape index (κ2) is 11.5. The van der Waals surface area contributed by atoms with Gasteiger partial charge in [-0.15, -0.1) is 0 Å². The Morgan fingerprint density at radius 2 is 1.80 bits per heavy atom. The Kier molecular flexibility index (Phi) is 10.6. The highest BCUT2D eigenvalue weighted by Crippen LogP contribution is 1.99. The zero-order valence-corrected chi connectivity index (χ0v) is 14.8. The van der Waals surface area contributed by atoms with Gasteiger partial charge in [0.25, 0.3) is 0 Å². The van der Waals surface area contributed by atoms with Gasteiger partial charge in [0.15, 0.2) is 12.0 Å². The molecule has 10 N–H and O–H groups in total. The summed E-state index contributed by atoms with van der Waals surface area (Å²) >= 11 is 3.96. The van der Waals surface area contributed by atoms with E-state index in [1.54, 1.807) is 0 Å². The molecule has 0 aliphatic heterocycles. The SMILES string of the molecule is CC(O)C(NC(=O)C(CS)NC(=O)C(N)CCCN=C(N)N)C(=O)O. The first-order valence-electron chi connectivity index (χ1n) is 7.53. The van der Waals surface area contributed by atoms with Crippen LogP contribution in [0.4, 0.5) is 0 Å². The molecular formula is C13H26N6O5S. The van der Waals surface area contributed by atoms with E-state index in [9.17, 15) is 19.5 Å². The molecule has 2 amide bonds. The van der Waals surface area contributed by atoms with Crippen LogP contribution in [-0.2, 0) is 14.4 Å². The van der Waals surface area contributed by atoms with Gasteiger partial charge in [0.1, 0.15) is 6.04 Å². The number of nitrogens with one attached hydrogen (secondary N) is 2. The van der Waals surface area contributed by atoms with Gasteiger partial charge in [-0.25, -0.2) is 4.79 Å². The number of hydrogen-bond acceptors (Lipinski definition) is 7. The molecule has 4 atom stereocenters. The van der Waals surface area contributed by atoms with Crippen LogP contribution in [0.15, 0.2) is 4.99 Å². The summed E-state index contributed by atoms with van der Waals surface area (Å²) in [5.41, 5.74) is 16.1. The number of nitrogens with zero attached hydrogens (tertiary/aromatic N) is 1. The number of thiol groups is 1. The fourth-order valence-corrected chi connectivity index (χ4v) is 2.02. The minimum atomic E-state index is -1.50. The van der Waals surface area contributed by atoms with Crippen molar-refractivity contribution in [2.75, 3.05) is 12.3 Å². The average Bonchev–Trinajstić information content (AvgIpc) is 2.52. The largest absolute Gasteiger partial charge is 0.480 e. The number of carboxylic acids is 1. The lowest BCUT2D eigenvalue weighted by Crippen LogP contribution is -2.57. The van der Waals surface area contributed by atoms with Crippen molar-refractivity contribution >= 4 is 36.4 Å². The molecule has 11 nitrogen and oxygen atoms in total. The molecule has 0 aromatic rings. The first kappa shape index (κ1) is 22.9. The van der Waals surface area contributed by atoms with E-state index in [-0.39, 0.29) is 18.1 Å². The standard InChI is InChI=1S/C13H26N6O5S/c1-6(20)9(12(23)24)19-11(22)8(5-25)18-10(21)7(14)3-2-4-17-13(15)16/h6-9,20,25H,2-5,14H2,1H3,(H,18,21)(H,19,22)(H,23,24)(H4,15,16,17). The molecule has 0 rings (SSSR count). The number of carboxylic acid groups (broad SMARTS) is 1. The molecule has 0 aromatic heterocycles. The van der Waals surface area contributed by atoms with Gasteiger partial charge in [0.05, 0.1) is 12.1 Å². The zero-order chi connectivity index (χ0) is 19.6. The first-order valence-corrected chi connectivity index (χ1v) is 8.16. The van der Waals surface area contributed by atoms with Gasteiger partial charge in [-0.3, -0.25) is 14.6 Å². The van der Waals surface area contributed by atoms with Crippen molar-refractivity contribution in [2.24, 2.45) is 22.2 Å². The van der Waals surface area contributed by atoms with Crippen LogP contribution < -0.4 is 27.8 Å². The second-order valence-electron chi connectivity index (χ2n) is 5.36. The van der Waals surface area contributed by atoms with Gasteiger partial charge in [-0.1, -0.05) is 0 Å². The van der Waals surface area contributed by atoms with Crippen LogP contribution in [0.2, 0.25) is 0 Å². The summed E-state index contributed by atoms with van der Waals surface area (Å²) < 4.78 is 0. The molecule has 12 heteroatoms. The lowest BCUT2D eigenvalue weighted by Gasteiger charge is -2.22. The van der Waals surface area contributed by atoms with Crippen LogP contribution in [0.3, 0.4) is 0 Å². The molecule has 0 fully saturated rings. The van der Waals surface area contributed by atoms with Crippen LogP contribution in [0.5, 0.6) is 0 Å². The summed E-state index contributed by atoms with van der Waals surface area (Å²) in [6.07, 6.45) is -0.557. The molecule has 0 radical (unpaired) electrons. The number of carbonyl (C=O) groups is 3. The maximum Gasteiger partial charge on any atom is 0.328 e. The van der Waals surface area contributed by atoms with Crippen molar-refractivity contribution < 1.29 is 24.6 Å². The molecular weight excluding hydrogens is 352 g/mol. The smallest absolute Gasteiger partial charge is 0.328 e. The number of rotatable bonds is 11. The number of aliphatic hydroxyl groups excluding tert-OH is 1. The van der Waals surface area contributed by atoms with E-state index in [2.05, 4.69) is 28.3 Å². The summed E-state index contributed by atoms with van der Waals surface area (Å²) in [4.78, 5) is 38.8. The summed E-state index contributed by atoms with van der Waals surface area (Å²) in [7, 11) is 0. The predicted molar refractivity (Wildman–Crippen MR) is 94.9 cm³/mol. The fraction of sp³-hybridized carbons (Fsp3) is 0.692. The van der Waals surface area contributed by atoms with Gasteiger partial charge in [-0.05, 0) is 19.8 Å². The minimum absolute atomic E-state index is 0.0593. The van der Waals surface area contributed by atoms with E-state index < -0.39 is 42.0 Å². The zero-order valence-electron chi connectivity index (χ0n) is 13.9. The first-order chi connectivity index (χ1) is 11.6. The second-order valence-corrected chi connectivity index (χ2v) is 5.73. The highest BCUT2D eigenvalue weighted by atomic mass is 32.1. The van der Waals surface area contributed by atoms with E-state index >= 15 is 0 Å². The lowest BCUT2D eigenvalue weighted by atomic mass is 10.1. The highest BCUT2D eigenvalue weighted by molar-refractivity contribution is 7.80. The molecule has 0 aromatic carbocycles. The maximum atomic E-state index is 12.1. The number of aliphatic imine (C=N–C) groups is 1. The van der Waals surface area contributed by atoms with Crippen molar-refractivity contribution in [1.82, 2.24) is 10.6 Å². The van der Waals surface area contributed by atoms with Gasteiger partial charge >= 0.3 is 5.97 Å². The summed E-state index contributed by atoms with van der Waals surface area (Å²) in [6, 6.07) is -3.49. The Balaban J connectivity index is 4.59. The van der Waals surface area contributed by atoms with Gasteiger partial charge in [0, 0.05) is 12.3 Å². The monoisotopic (exact) mass is 378 g/mol. The van der Waals surface area contributed by atoms with Crippen molar-refractivity contribution in [3.05, 3.63) is 0 Å². The normalized spacial score (nSPS) is 15.4. The summed E-state index contributed by atoms with van der Waals surface area (Å²) in [6.45, 7) is 1.54. The van der Waals surface area contributed by atoms with Gasteiger partial charge < -0.3 is 38.0 Å². The molecule has 0 aliphatic rings. The maximum absolute atomic E-state index is 12.1. The van der Waals surface area contributed by atoms with Gasteiger partial charge in [-0.2, -0.15) is 12.6 Å². The van der Waals surface area contributed by atoms with Crippen molar-refractivity contribution in [3.8, 4) is 0 Å². The average molecular weight is 378 g/mol. The quantitative estimate of drug-likeness (QED) is 0.0790. The number of hydrogen-bond donors (Lipinski definition) is 8. The van der Waals surface area contributed by atoms with Gasteiger partial charge in [0.2, 0.25) is 11.8 Å². The molecule has 0 saturated heterocycles. The number of nitrogens with two attached hydrogens (primary N) is 3. The van der Waals surface area contributed by atoms with Crippen LogP contribution in [0.25, 0.3) is 0 Å². The van der Waals surface area contributed by atoms with E-state index in [4.69, 9.17) is 22.3 Å². The number of carbonyl (C=O) groups excluding carboxylic acids is 2. The molecule has 0 spiro atoms. The molecule has 4 unspecified atom stereocenters. The highest BCUT2D eigenvalue weighted by Gasteiger charge is 2.29. The Labute approximate surface area is 150 Å². The Hall–Kier alpha value is -2.05. The van der Waals surface area contributed by atoms with E-state index in [1.165, 1.54) is 6.92 Å². The summed E-state index contributed by atoms with van der Waals surface area (Å²) in [5, 5.41) is 22.8. The fourth-order valence-electron chi connectivity index (χ4n) is 1.77. The van der Waals surface area contributed by atoms with Crippen molar-refractivity contribution in [1.29, 1.82) is 0 Å². The molecule has 144 valence electrons. The van der Waals surface area contributed by atoms with E-state index in [0.29, 0.717) is 13.0 Å². The van der Waals surface area contributed by atoms with Crippen LogP contribution in [0.1, 0.15) is 19.8 Å². The molecule has 0 aliphatic carbocycles. The van der Waals surface area contributed by atoms with E-state index in [0.717, 1.165) is 0 Å². The Morgan fingerprint density at radius 3 is 2.24 bits per heavy atom. The number of aliphatic carboxylic acids is 1. The molecule has 0 heterocycles. The summed E-state index contributed by atoms with van der Waals surface area (Å²) in [5.74, 6) is -2.92. The molecule has 25 heavy (non-hydrogen) atoms. The lowest BCUT2D eigenvalue weighted by molar-refractivity contribution is -0.145. The number of amides is 2.